The number of benzene rings is 1. The first-order valence-corrected chi connectivity index (χ1v) is 12.6. The van der Waals surface area contributed by atoms with E-state index in [1.807, 2.05) is 0 Å². The van der Waals surface area contributed by atoms with E-state index in [0.29, 0.717) is 43.6 Å². The number of guanidine groups is 1. The quantitative estimate of drug-likeness (QED) is 0.358. The van der Waals surface area contributed by atoms with E-state index < -0.39 is 23.1 Å². The Balaban J connectivity index is 1.23. The number of nitrogens with zero attached hydrogens (tertiary/aromatic N) is 5. The van der Waals surface area contributed by atoms with Gasteiger partial charge >= 0.3 is 5.91 Å². The number of carbonyl (C=O) groups excluding carboxylic acids is 2. The van der Waals surface area contributed by atoms with Gasteiger partial charge in [-0.2, -0.15) is 4.99 Å². The van der Waals surface area contributed by atoms with E-state index in [2.05, 4.69) is 25.6 Å². The lowest BCUT2D eigenvalue weighted by molar-refractivity contribution is 0.0668. The third kappa shape index (κ3) is 5.43. The Morgan fingerprint density at radius 2 is 1.82 bits per heavy atom. The number of pyridine rings is 1. The van der Waals surface area contributed by atoms with Crippen molar-refractivity contribution in [3.8, 4) is 0 Å². The van der Waals surface area contributed by atoms with Gasteiger partial charge in [-0.15, -0.1) is 0 Å². The molecule has 0 saturated carbocycles. The minimum atomic E-state index is -1.01. The third-order valence-corrected chi connectivity index (χ3v) is 7.15. The van der Waals surface area contributed by atoms with Crippen molar-refractivity contribution in [2.24, 2.45) is 4.99 Å². The molecule has 15 heteroatoms. The van der Waals surface area contributed by atoms with Gasteiger partial charge in [0.1, 0.15) is 0 Å². The van der Waals surface area contributed by atoms with Gasteiger partial charge in [0, 0.05) is 31.9 Å². The number of piperidine rings is 1. The van der Waals surface area contributed by atoms with Crippen LogP contribution in [-0.4, -0.2) is 62.4 Å². The molecule has 2 fully saturated rings. The van der Waals surface area contributed by atoms with Crippen molar-refractivity contribution in [3.05, 3.63) is 80.5 Å². The van der Waals surface area contributed by atoms with Gasteiger partial charge in [-0.25, -0.2) is 18.7 Å². The van der Waals surface area contributed by atoms with Gasteiger partial charge in [-0.05, 0) is 36.6 Å². The number of aliphatic imine (C=N–C) groups is 1. The number of anilines is 2. The fourth-order valence-corrected chi connectivity index (χ4v) is 4.78. The van der Waals surface area contributed by atoms with Gasteiger partial charge in [0.15, 0.2) is 40.1 Å². The summed E-state index contributed by atoms with van der Waals surface area (Å²) < 4.78 is 28.1. The number of nitrogens with one attached hydrogen (secondary N) is 2. The zero-order valence-electron chi connectivity index (χ0n) is 21.0. The third-order valence-electron chi connectivity index (χ3n) is 6.87. The van der Waals surface area contributed by atoms with Crippen molar-refractivity contribution in [1.29, 1.82) is 0 Å². The van der Waals surface area contributed by atoms with Gasteiger partial charge < -0.3 is 31.6 Å². The summed E-state index contributed by atoms with van der Waals surface area (Å²) in [7, 11) is 0. The van der Waals surface area contributed by atoms with Gasteiger partial charge in [0.25, 0.3) is 11.5 Å². The Morgan fingerprint density at radius 3 is 2.55 bits per heavy atom. The Kier molecular flexibility index (Phi) is 7.10. The van der Waals surface area contributed by atoms with E-state index in [-0.39, 0.29) is 46.5 Å². The lowest BCUT2D eigenvalue weighted by Crippen LogP contribution is -2.53. The van der Waals surface area contributed by atoms with Gasteiger partial charge in [-0.1, -0.05) is 17.7 Å². The van der Waals surface area contributed by atoms with Crippen LogP contribution in [-0.2, 0) is 6.54 Å². The summed E-state index contributed by atoms with van der Waals surface area (Å²) >= 11 is 5.85. The Hall–Kier alpha value is -4.59. The Bertz CT molecular complexity index is 1600. The van der Waals surface area contributed by atoms with Gasteiger partial charge in [0.05, 0.1) is 17.6 Å². The number of nitrogen functional groups attached to an aromatic ring is 2. The smallest absolute Gasteiger partial charge is 0.302 e. The maximum absolute atomic E-state index is 13.6. The van der Waals surface area contributed by atoms with Gasteiger partial charge in [-0.3, -0.25) is 14.4 Å². The van der Waals surface area contributed by atoms with Crippen LogP contribution < -0.4 is 27.7 Å². The number of halogens is 3. The van der Waals surface area contributed by atoms with E-state index >= 15 is 0 Å². The topological polar surface area (TPSA) is 174 Å². The van der Waals surface area contributed by atoms with Crippen LogP contribution in [0.1, 0.15) is 39.3 Å². The van der Waals surface area contributed by atoms with Crippen molar-refractivity contribution in [3.63, 3.8) is 0 Å². The predicted octanol–water partition coefficient (Wildman–Crippen LogP) is 1.15. The summed E-state index contributed by atoms with van der Waals surface area (Å²) in [5.41, 5.74) is 10.9. The predicted molar refractivity (Wildman–Crippen MR) is 143 cm³/mol. The molecule has 0 bridgehead atoms. The second-order valence-corrected chi connectivity index (χ2v) is 9.94. The molecule has 0 unspecified atom stereocenters. The Morgan fingerprint density at radius 1 is 1.07 bits per heavy atom. The summed E-state index contributed by atoms with van der Waals surface area (Å²) in [4.78, 5) is 51.5. The van der Waals surface area contributed by atoms with Crippen molar-refractivity contribution < 1.29 is 18.4 Å². The van der Waals surface area contributed by atoms with Crippen LogP contribution in [0.15, 0.2) is 46.3 Å². The molecule has 2 aliphatic rings. The molecule has 2 aromatic heterocycles. The average molecular weight is 572 g/mol. The number of aromatic nitrogens is 3. The molecule has 0 radical (unpaired) electrons. The van der Waals surface area contributed by atoms with E-state index in [9.17, 15) is 23.2 Å². The van der Waals surface area contributed by atoms with E-state index in [1.165, 1.54) is 29.0 Å². The molecule has 208 valence electrons. The van der Waals surface area contributed by atoms with Crippen LogP contribution in [0.25, 0.3) is 0 Å². The molecule has 5 rings (SSSR count). The molecule has 3 aromatic rings. The molecule has 1 spiro atoms. The minimum Gasteiger partial charge on any atom is -0.382 e. The van der Waals surface area contributed by atoms with E-state index in [4.69, 9.17) is 23.1 Å². The van der Waals surface area contributed by atoms with E-state index in [1.54, 1.807) is 4.90 Å². The molecule has 4 heterocycles. The number of amides is 2. The summed E-state index contributed by atoms with van der Waals surface area (Å²) in [6.07, 6.45) is 2.53. The second-order valence-electron chi connectivity index (χ2n) is 9.58. The van der Waals surface area contributed by atoms with Crippen LogP contribution in [0.2, 0.25) is 5.15 Å². The summed E-state index contributed by atoms with van der Waals surface area (Å²) in [6.45, 7) is 1.27. The highest BCUT2D eigenvalue weighted by Crippen LogP contribution is 2.26. The average Bonchev–Trinajstić information content (AvgIpc) is 3.31. The van der Waals surface area contributed by atoms with Gasteiger partial charge in [0.2, 0.25) is 0 Å². The molecular weight excluding hydrogens is 548 g/mol. The monoisotopic (exact) mass is 571 g/mol. The van der Waals surface area contributed by atoms with Crippen LogP contribution in [0.3, 0.4) is 0 Å². The number of carbonyl (C=O) groups is 2. The van der Waals surface area contributed by atoms with Crippen LogP contribution in [0.4, 0.5) is 20.4 Å². The zero-order chi connectivity index (χ0) is 28.6. The summed E-state index contributed by atoms with van der Waals surface area (Å²) in [5, 5.41) is 6.14. The normalized spacial score (nSPS) is 17.1. The largest absolute Gasteiger partial charge is 0.382 e. The summed E-state index contributed by atoms with van der Waals surface area (Å²) in [6, 6.07) is 6.10. The zero-order valence-corrected chi connectivity index (χ0v) is 21.7. The second kappa shape index (κ2) is 10.5. The maximum atomic E-state index is 13.6. The lowest BCUT2D eigenvalue weighted by Gasteiger charge is -2.38. The molecule has 1 aromatic carbocycles. The maximum Gasteiger partial charge on any atom is 0.302 e. The first-order chi connectivity index (χ1) is 19.0. The molecule has 6 N–H and O–H groups in total. The molecule has 2 saturated heterocycles. The molecule has 12 nitrogen and oxygen atoms in total. The number of rotatable bonds is 4. The minimum absolute atomic E-state index is 0.0174. The van der Waals surface area contributed by atoms with Crippen molar-refractivity contribution in [2.45, 2.75) is 24.9 Å². The lowest BCUT2D eigenvalue weighted by atomic mass is 9.88. The Labute approximate surface area is 231 Å². The fourth-order valence-electron chi connectivity index (χ4n) is 4.65. The number of hydrogen-bond donors (Lipinski definition) is 4. The number of likely N-dealkylation sites (tertiary alicyclic amines) is 1. The highest BCUT2D eigenvalue weighted by molar-refractivity contribution is 6.31. The first kappa shape index (κ1) is 27.0. The van der Waals surface area contributed by atoms with Crippen molar-refractivity contribution >= 4 is 41.0 Å². The van der Waals surface area contributed by atoms with Crippen LogP contribution in [0.5, 0.6) is 0 Å². The van der Waals surface area contributed by atoms with Crippen molar-refractivity contribution in [2.75, 3.05) is 31.1 Å². The number of nitrogens with two attached hydrogens (primary N) is 2. The molecular formula is C25H24ClF2N9O3. The van der Waals surface area contributed by atoms with E-state index in [0.717, 1.165) is 12.1 Å². The molecule has 0 atom stereocenters. The molecule has 2 amide bonds. The van der Waals surface area contributed by atoms with Crippen LogP contribution >= 0.6 is 11.6 Å². The SMILES string of the molecule is Nc1nc(N)c(C(=O)/N=C2\NCC3(CCN(C(=O)c4ccc(=O)n(Cc5ccc(F)c(F)c5)c4)CC3)N2)nc1Cl. The van der Waals surface area contributed by atoms with Crippen molar-refractivity contribution in [1.82, 2.24) is 30.1 Å². The molecule has 40 heavy (non-hydrogen) atoms. The highest BCUT2D eigenvalue weighted by Gasteiger charge is 2.41. The molecule has 0 aliphatic carbocycles. The number of hydrogen-bond acceptors (Lipinski definition) is 7. The van der Waals surface area contributed by atoms with Crippen LogP contribution in [0, 0.1) is 11.6 Å². The molecule has 2 aliphatic heterocycles. The summed E-state index contributed by atoms with van der Waals surface area (Å²) in [5.74, 6) is -3.05. The first-order valence-electron chi connectivity index (χ1n) is 12.2. The standard InChI is InChI=1S/C25H24ClF2N9O3/c26-19-21(30)33-20(29)18(32-19)22(39)34-24-31-12-25(35-24)5-7-36(8-6-25)23(40)14-2-4-17(38)37(11-14)10-13-1-3-15(27)16(28)9-13/h1-4,9,11H,5-8,10,12H2,(H4,29,30,33)(H2,31,34,35,39). The fraction of sp³-hybridized carbons (Fsp3) is 0.280. The highest BCUT2D eigenvalue weighted by atomic mass is 35.5.